The summed E-state index contributed by atoms with van der Waals surface area (Å²) in [6.07, 6.45) is 5.86. The fraction of sp³-hybridized carbons (Fsp3) is 0.429. The Balaban J connectivity index is 1.83. The molecule has 0 fully saturated rings. The van der Waals surface area contributed by atoms with Gasteiger partial charge in [0, 0.05) is 0 Å². The molecule has 0 saturated carbocycles. The number of nitrogens with zero attached hydrogens (tertiary/aromatic N) is 9. The predicted molar refractivity (Wildman–Crippen MR) is 113 cm³/mol. The van der Waals surface area contributed by atoms with E-state index in [1.54, 1.807) is 14.0 Å². The van der Waals surface area contributed by atoms with Gasteiger partial charge in [0.2, 0.25) is 0 Å². The van der Waals surface area contributed by atoms with E-state index in [4.69, 9.17) is 0 Å². The van der Waals surface area contributed by atoms with Crippen molar-refractivity contribution in [3.8, 4) is 17.1 Å². The molecule has 0 saturated heterocycles. The monoisotopic (exact) mass is 405 g/mol. The van der Waals surface area contributed by atoms with Crippen LogP contribution in [0.5, 0.6) is 0 Å². The van der Waals surface area contributed by atoms with Gasteiger partial charge in [-0.25, -0.2) is 14.0 Å². The summed E-state index contributed by atoms with van der Waals surface area (Å²) in [5.41, 5.74) is 5.41. The Morgan fingerprint density at radius 1 is 0.500 bits per heavy atom. The van der Waals surface area contributed by atoms with Gasteiger partial charge in [-0.2, -0.15) is 0 Å². The molecule has 0 N–H and O–H groups in total. The van der Waals surface area contributed by atoms with Crippen molar-refractivity contribution < 1.29 is 0 Å². The second-order valence-corrected chi connectivity index (χ2v) is 8.44. The topological polar surface area (TPSA) is 92.1 Å². The van der Waals surface area contributed by atoms with Crippen molar-refractivity contribution in [1.29, 1.82) is 0 Å². The Morgan fingerprint density at radius 3 is 0.967 bits per heavy atom. The summed E-state index contributed by atoms with van der Waals surface area (Å²) in [6, 6.07) is 6.05. The molecule has 0 aliphatic rings. The molecular formula is C21H27N9. The molecule has 0 aliphatic carbocycles. The second-order valence-electron chi connectivity index (χ2n) is 8.44. The molecule has 0 aliphatic heterocycles. The molecule has 0 amide bonds. The minimum Gasteiger partial charge on any atom is -0.220 e. The highest BCUT2D eigenvalue weighted by atomic mass is 15.4. The first-order valence-corrected chi connectivity index (χ1v) is 10.2. The Labute approximate surface area is 175 Å². The third kappa shape index (κ3) is 3.87. The van der Waals surface area contributed by atoms with Crippen molar-refractivity contribution in [2.75, 3.05) is 0 Å². The van der Waals surface area contributed by atoms with Gasteiger partial charge in [0.15, 0.2) is 0 Å². The molecule has 0 atom stereocenters. The van der Waals surface area contributed by atoms with Crippen molar-refractivity contribution in [2.24, 2.45) is 0 Å². The van der Waals surface area contributed by atoms with Crippen LogP contribution in [0.25, 0.3) is 17.1 Å². The summed E-state index contributed by atoms with van der Waals surface area (Å²) in [5, 5.41) is 25.8. The molecule has 0 unspecified atom stereocenters. The van der Waals surface area contributed by atoms with Crippen LogP contribution in [0.4, 0.5) is 0 Å². The van der Waals surface area contributed by atoms with Crippen LogP contribution >= 0.6 is 0 Å². The van der Waals surface area contributed by atoms with Crippen LogP contribution in [0.3, 0.4) is 0 Å². The normalized spacial score (nSPS) is 11.9. The Hall–Kier alpha value is -3.36. The van der Waals surface area contributed by atoms with E-state index in [2.05, 4.69) is 72.5 Å². The highest BCUT2D eigenvalue weighted by molar-refractivity contribution is 5.52. The van der Waals surface area contributed by atoms with Crippen LogP contribution in [0, 0.1) is 0 Å². The molecule has 4 aromatic rings. The quantitative estimate of drug-likeness (QED) is 0.484. The van der Waals surface area contributed by atoms with Crippen LogP contribution in [-0.2, 0) is 0 Å². The lowest BCUT2D eigenvalue weighted by Gasteiger charge is -2.09. The summed E-state index contributed by atoms with van der Waals surface area (Å²) in [4.78, 5) is 0. The second kappa shape index (κ2) is 7.81. The summed E-state index contributed by atoms with van der Waals surface area (Å²) >= 11 is 0. The summed E-state index contributed by atoms with van der Waals surface area (Å²) in [5.74, 6) is 0.901. The first kappa shape index (κ1) is 19.9. The molecule has 3 aromatic heterocycles. The molecule has 30 heavy (non-hydrogen) atoms. The van der Waals surface area contributed by atoms with Gasteiger partial charge >= 0.3 is 0 Å². The van der Waals surface area contributed by atoms with E-state index in [-0.39, 0.29) is 0 Å². The van der Waals surface area contributed by atoms with E-state index < -0.39 is 0 Å². The maximum Gasteiger partial charge on any atom is 0.0857 e. The fourth-order valence-corrected chi connectivity index (χ4v) is 2.98. The maximum absolute atomic E-state index is 4.32. The molecular weight excluding hydrogens is 378 g/mol. The van der Waals surface area contributed by atoms with Crippen LogP contribution in [0.1, 0.15) is 76.4 Å². The molecule has 3 heterocycles. The van der Waals surface area contributed by atoms with Crippen LogP contribution in [-0.4, -0.2) is 45.0 Å². The highest BCUT2D eigenvalue weighted by Crippen LogP contribution is 2.22. The number of rotatable bonds is 6. The molecule has 0 spiro atoms. The predicted octanol–water partition coefficient (Wildman–Crippen LogP) is 3.80. The van der Waals surface area contributed by atoms with E-state index in [0.29, 0.717) is 17.8 Å². The number of hydrogen-bond donors (Lipinski definition) is 0. The number of aromatic nitrogens is 9. The lowest BCUT2D eigenvalue weighted by atomic mass is 10.1. The summed E-state index contributed by atoms with van der Waals surface area (Å²) in [7, 11) is 0. The van der Waals surface area contributed by atoms with Gasteiger partial charge in [-0.1, -0.05) is 57.2 Å². The minimum absolute atomic E-state index is 0.300. The van der Waals surface area contributed by atoms with Crippen LogP contribution in [0.15, 0.2) is 36.8 Å². The fourth-order valence-electron chi connectivity index (χ4n) is 2.98. The zero-order valence-corrected chi connectivity index (χ0v) is 18.2. The number of benzene rings is 1. The molecule has 4 rings (SSSR count). The lowest BCUT2D eigenvalue weighted by molar-refractivity contribution is 0.756. The number of hydrogen-bond acceptors (Lipinski definition) is 6. The zero-order chi connectivity index (χ0) is 21.4. The lowest BCUT2D eigenvalue weighted by Crippen LogP contribution is -2.04. The van der Waals surface area contributed by atoms with Crippen molar-refractivity contribution >= 4 is 0 Å². The molecule has 9 nitrogen and oxygen atoms in total. The minimum atomic E-state index is 0.300. The molecule has 9 heteroatoms. The van der Waals surface area contributed by atoms with Crippen molar-refractivity contribution in [3.05, 3.63) is 53.9 Å². The molecule has 1 aromatic carbocycles. The first-order valence-electron chi connectivity index (χ1n) is 10.2. The summed E-state index contributed by atoms with van der Waals surface area (Å²) < 4.78 is 5.34. The van der Waals surface area contributed by atoms with Gasteiger partial charge < -0.3 is 0 Å². The van der Waals surface area contributed by atoms with Crippen molar-refractivity contribution in [2.45, 2.75) is 59.3 Å². The van der Waals surface area contributed by atoms with E-state index >= 15 is 0 Å². The maximum atomic E-state index is 4.32. The Kier molecular flexibility index (Phi) is 5.19. The van der Waals surface area contributed by atoms with Gasteiger partial charge in [0.25, 0.3) is 0 Å². The zero-order valence-electron chi connectivity index (χ0n) is 18.2. The third-order valence-electron chi connectivity index (χ3n) is 4.99. The molecule has 0 bridgehead atoms. The molecule has 0 radical (unpaired) electrons. The highest BCUT2D eigenvalue weighted by Gasteiger charge is 2.14. The average Bonchev–Trinajstić information content (AvgIpc) is 3.48. The van der Waals surface area contributed by atoms with Gasteiger partial charge in [-0.05, 0) is 36.0 Å². The van der Waals surface area contributed by atoms with Crippen molar-refractivity contribution in [1.82, 2.24) is 45.0 Å². The SMILES string of the molecule is CC(C)c1cn(-c2cc(-n3cc(C(C)C)nn3)cc(-n3cc(C(C)C)nn3)c2)nn1. The van der Waals surface area contributed by atoms with Crippen LogP contribution < -0.4 is 0 Å². The molecule has 156 valence electrons. The Morgan fingerprint density at radius 2 is 0.767 bits per heavy atom. The van der Waals surface area contributed by atoms with Gasteiger partial charge in [0.05, 0.1) is 52.7 Å². The smallest absolute Gasteiger partial charge is 0.0857 e. The summed E-state index contributed by atoms with van der Waals surface area (Å²) in [6.45, 7) is 12.6. The van der Waals surface area contributed by atoms with Gasteiger partial charge in [-0.3, -0.25) is 0 Å². The van der Waals surface area contributed by atoms with E-state index in [1.165, 1.54) is 0 Å². The van der Waals surface area contributed by atoms with E-state index in [0.717, 1.165) is 34.1 Å². The largest absolute Gasteiger partial charge is 0.220 e. The van der Waals surface area contributed by atoms with Gasteiger partial charge in [-0.15, -0.1) is 15.3 Å². The average molecular weight is 406 g/mol. The third-order valence-corrected chi connectivity index (χ3v) is 4.99. The standard InChI is InChI=1S/C21H27N9/c1-13(2)19-10-28(25-22-19)16-7-17(29-11-20(14(3)4)23-26-29)9-18(8-16)30-12-21(15(5)6)24-27-30/h7-15H,1-6H3. The van der Waals surface area contributed by atoms with Gasteiger partial charge in [0.1, 0.15) is 0 Å². The van der Waals surface area contributed by atoms with E-state index in [1.807, 2.05) is 36.8 Å². The van der Waals surface area contributed by atoms with Crippen molar-refractivity contribution in [3.63, 3.8) is 0 Å². The van der Waals surface area contributed by atoms with Crippen LogP contribution in [0.2, 0.25) is 0 Å². The van der Waals surface area contributed by atoms with E-state index in [9.17, 15) is 0 Å². The first-order chi connectivity index (χ1) is 14.3. The Bertz CT molecular complexity index is 991.